The van der Waals surface area contributed by atoms with Crippen LogP contribution < -0.4 is 4.74 Å². The molecule has 1 aromatic heterocycles. The topological polar surface area (TPSA) is 57.0 Å². The van der Waals surface area contributed by atoms with Crippen LogP contribution in [-0.4, -0.2) is 20.5 Å². The smallest absolute Gasteiger partial charge is 0.417 e. The van der Waals surface area contributed by atoms with Crippen molar-refractivity contribution in [3.63, 3.8) is 0 Å². The fraction of sp³-hybridized carbons (Fsp3) is 0.318. The number of ether oxygens (including phenoxy) is 1. The van der Waals surface area contributed by atoms with E-state index >= 15 is 0 Å². The first kappa shape index (κ1) is 23.0. The molecule has 0 bridgehead atoms. The van der Waals surface area contributed by atoms with E-state index in [1.165, 1.54) is 22.8 Å². The lowest BCUT2D eigenvalue weighted by Gasteiger charge is -2.26. The summed E-state index contributed by atoms with van der Waals surface area (Å²) in [5, 5.41) is 8.14. The van der Waals surface area contributed by atoms with Crippen molar-refractivity contribution in [1.29, 1.82) is 0 Å². The summed E-state index contributed by atoms with van der Waals surface area (Å²) in [4.78, 5) is 11.9. The SMILES string of the molecule is CCC(=O)c1ccc(OC(C)(C)c2nnc(-c3ccccc3C(F)(F)F)n2C)c(Br)c1. The van der Waals surface area contributed by atoms with Gasteiger partial charge in [-0.1, -0.05) is 25.1 Å². The number of hydrogen-bond donors (Lipinski definition) is 0. The van der Waals surface area contributed by atoms with Crippen molar-refractivity contribution >= 4 is 21.7 Å². The molecule has 0 N–H and O–H groups in total. The monoisotopic (exact) mass is 495 g/mol. The zero-order chi connectivity index (χ0) is 23.0. The number of carbonyl (C=O) groups is 1. The van der Waals surface area contributed by atoms with Gasteiger partial charge in [0, 0.05) is 24.6 Å². The highest BCUT2D eigenvalue weighted by Gasteiger charge is 2.36. The second-order valence-electron chi connectivity index (χ2n) is 7.48. The number of ketones is 1. The molecule has 0 unspecified atom stereocenters. The molecule has 3 rings (SSSR count). The molecule has 0 atom stereocenters. The first-order valence-electron chi connectivity index (χ1n) is 9.54. The van der Waals surface area contributed by atoms with E-state index in [-0.39, 0.29) is 17.2 Å². The number of rotatable bonds is 6. The van der Waals surface area contributed by atoms with Crippen molar-refractivity contribution < 1.29 is 22.7 Å². The van der Waals surface area contributed by atoms with E-state index in [4.69, 9.17) is 4.74 Å². The first-order valence-corrected chi connectivity index (χ1v) is 10.3. The van der Waals surface area contributed by atoms with Gasteiger partial charge in [-0.3, -0.25) is 4.79 Å². The molecule has 1 heterocycles. The second-order valence-corrected chi connectivity index (χ2v) is 8.34. The predicted octanol–water partition coefficient (Wildman–Crippen LogP) is 6.17. The summed E-state index contributed by atoms with van der Waals surface area (Å²) in [6, 6.07) is 10.3. The Morgan fingerprint density at radius 3 is 2.42 bits per heavy atom. The number of aromatic nitrogens is 3. The van der Waals surface area contributed by atoms with Gasteiger partial charge < -0.3 is 9.30 Å². The van der Waals surface area contributed by atoms with Crippen LogP contribution in [0.1, 0.15) is 48.9 Å². The molecule has 0 aliphatic rings. The summed E-state index contributed by atoms with van der Waals surface area (Å²) in [5.41, 5.74) is -1.30. The average molecular weight is 496 g/mol. The standard InChI is InChI=1S/C22H21BrF3N3O2/c1-5-17(30)13-10-11-18(16(23)12-13)31-21(2,3)20-28-27-19(29(20)4)14-8-6-7-9-15(14)22(24,25)26/h6-12H,5H2,1-4H3. The number of halogens is 4. The van der Waals surface area contributed by atoms with E-state index in [1.807, 2.05) is 0 Å². The maximum atomic E-state index is 13.4. The van der Waals surface area contributed by atoms with Gasteiger partial charge in [0.2, 0.25) is 0 Å². The van der Waals surface area contributed by atoms with Gasteiger partial charge in [-0.2, -0.15) is 13.2 Å². The van der Waals surface area contributed by atoms with Gasteiger partial charge in [0.1, 0.15) is 5.75 Å². The van der Waals surface area contributed by atoms with Crippen molar-refractivity contribution in [1.82, 2.24) is 14.8 Å². The Bertz CT molecular complexity index is 1120. The lowest BCUT2D eigenvalue weighted by Crippen LogP contribution is -2.29. The van der Waals surface area contributed by atoms with E-state index in [2.05, 4.69) is 26.1 Å². The highest BCUT2D eigenvalue weighted by atomic mass is 79.9. The largest absolute Gasteiger partial charge is 0.479 e. The van der Waals surface area contributed by atoms with E-state index in [0.717, 1.165) is 6.07 Å². The third kappa shape index (κ3) is 4.66. The quantitative estimate of drug-likeness (QED) is 0.383. The van der Waals surface area contributed by atoms with Gasteiger partial charge in [0.05, 0.1) is 10.0 Å². The van der Waals surface area contributed by atoms with Crippen LogP contribution in [-0.2, 0) is 18.8 Å². The van der Waals surface area contributed by atoms with Crippen LogP contribution in [0.25, 0.3) is 11.4 Å². The third-order valence-electron chi connectivity index (χ3n) is 4.83. The lowest BCUT2D eigenvalue weighted by molar-refractivity contribution is -0.137. The van der Waals surface area contributed by atoms with Crippen LogP contribution in [0.2, 0.25) is 0 Å². The zero-order valence-corrected chi connectivity index (χ0v) is 19.0. The van der Waals surface area contributed by atoms with Crippen molar-refractivity contribution in [2.45, 2.75) is 39.0 Å². The van der Waals surface area contributed by atoms with Crippen molar-refractivity contribution in [3.05, 3.63) is 63.9 Å². The minimum absolute atomic E-state index is 0.00721. The molecule has 0 fully saturated rings. The Hall–Kier alpha value is -2.68. The van der Waals surface area contributed by atoms with Crippen LogP contribution in [0, 0.1) is 0 Å². The molecule has 31 heavy (non-hydrogen) atoms. The van der Waals surface area contributed by atoms with E-state index < -0.39 is 17.3 Å². The Labute approximate surface area is 186 Å². The molecule has 0 aliphatic carbocycles. The average Bonchev–Trinajstić information content (AvgIpc) is 3.10. The number of Topliss-reactive ketones (excluding diaryl/α,β-unsaturated/α-hetero) is 1. The molecule has 5 nitrogen and oxygen atoms in total. The fourth-order valence-corrected chi connectivity index (χ4v) is 3.75. The molecule has 164 valence electrons. The Balaban J connectivity index is 1.97. The van der Waals surface area contributed by atoms with Gasteiger partial charge in [-0.25, -0.2) is 0 Å². The molecule has 0 aliphatic heterocycles. The van der Waals surface area contributed by atoms with Gasteiger partial charge >= 0.3 is 6.18 Å². The van der Waals surface area contributed by atoms with E-state index in [9.17, 15) is 18.0 Å². The van der Waals surface area contributed by atoms with Crippen LogP contribution in [0.4, 0.5) is 13.2 Å². The number of benzene rings is 2. The van der Waals surface area contributed by atoms with E-state index in [1.54, 1.807) is 46.0 Å². The Morgan fingerprint density at radius 1 is 1.13 bits per heavy atom. The summed E-state index contributed by atoms with van der Waals surface area (Å²) in [7, 11) is 1.60. The minimum Gasteiger partial charge on any atom is -0.479 e. The molecule has 9 heteroatoms. The molecular formula is C22H21BrF3N3O2. The molecule has 0 amide bonds. The first-order chi connectivity index (χ1) is 14.5. The predicted molar refractivity (Wildman–Crippen MR) is 114 cm³/mol. The maximum absolute atomic E-state index is 13.4. The maximum Gasteiger partial charge on any atom is 0.417 e. The zero-order valence-electron chi connectivity index (χ0n) is 17.4. The van der Waals surface area contributed by atoms with Crippen LogP contribution in [0.5, 0.6) is 5.75 Å². The highest BCUT2D eigenvalue weighted by Crippen LogP contribution is 2.38. The molecule has 0 saturated heterocycles. The molecule has 3 aromatic rings. The number of nitrogens with zero attached hydrogens (tertiary/aromatic N) is 3. The van der Waals surface area contributed by atoms with E-state index in [0.29, 0.717) is 28.0 Å². The van der Waals surface area contributed by atoms with Gasteiger partial charge in [-0.15, -0.1) is 10.2 Å². The lowest BCUT2D eigenvalue weighted by atomic mass is 10.1. The van der Waals surface area contributed by atoms with Crippen molar-refractivity contribution in [2.24, 2.45) is 7.05 Å². The molecule has 0 spiro atoms. The number of hydrogen-bond acceptors (Lipinski definition) is 4. The number of alkyl halides is 3. The summed E-state index contributed by atoms with van der Waals surface area (Å²) in [5.74, 6) is 0.910. The van der Waals surface area contributed by atoms with Crippen LogP contribution in [0.3, 0.4) is 0 Å². The van der Waals surface area contributed by atoms with Gasteiger partial charge in [0.15, 0.2) is 23.0 Å². The summed E-state index contributed by atoms with van der Waals surface area (Å²) in [6.45, 7) is 5.27. The summed E-state index contributed by atoms with van der Waals surface area (Å²) in [6.07, 6.45) is -4.13. The third-order valence-corrected chi connectivity index (χ3v) is 5.45. The van der Waals surface area contributed by atoms with Crippen molar-refractivity contribution in [3.8, 4) is 17.1 Å². The van der Waals surface area contributed by atoms with Gasteiger partial charge in [0.25, 0.3) is 0 Å². The highest BCUT2D eigenvalue weighted by molar-refractivity contribution is 9.10. The summed E-state index contributed by atoms with van der Waals surface area (Å²) < 4.78 is 48.5. The molecule has 0 saturated carbocycles. The normalized spacial score (nSPS) is 12.1. The molecular weight excluding hydrogens is 475 g/mol. The van der Waals surface area contributed by atoms with Gasteiger partial charge in [-0.05, 0) is 54.0 Å². The van der Waals surface area contributed by atoms with Crippen LogP contribution in [0.15, 0.2) is 46.9 Å². The molecule has 2 aromatic carbocycles. The summed E-state index contributed by atoms with van der Waals surface area (Å²) >= 11 is 3.42. The Kier molecular flexibility index (Phi) is 6.27. The van der Waals surface area contributed by atoms with Crippen molar-refractivity contribution in [2.75, 3.05) is 0 Å². The molecule has 0 radical (unpaired) electrons. The minimum atomic E-state index is -4.52. The fourth-order valence-electron chi connectivity index (χ4n) is 3.30. The Morgan fingerprint density at radius 2 is 1.81 bits per heavy atom. The second kappa shape index (κ2) is 8.45. The van der Waals surface area contributed by atoms with Crippen LogP contribution >= 0.6 is 15.9 Å². The number of carbonyl (C=O) groups excluding carboxylic acids is 1.